The molecule has 0 unspecified atom stereocenters. The Bertz CT molecular complexity index is 724. The lowest BCUT2D eigenvalue weighted by atomic mass is 9.75. The summed E-state index contributed by atoms with van der Waals surface area (Å²) in [6, 6.07) is 20.6. The van der Waals surface area contributed by atoms with Crippen LogP contribution < -0.4 is 0 Å². The maximum Gasteiger partial charge on any atom is 0.314 e. The normalized spacial score (nSPS) is 22.9. The lowest BCUT2D eigenvalue weighted by molar-refractivity contribution is -0.154. The summed E-state index contributed by atoms with van der Waals surface area (Å²) >= 11 is 2.33. The molecular formula is C21H21IO2. The Morgan fingerprint density at radius 2 is 1.75 bits per heavy atom. The monoisotopic (exact) mass is 432 g/mol. The first-order chi connectivity index (χ1) is 11.7. The molecule has 3 rings (SSSR count). The molecule has 0 N–H and O–H groups in total. The highest BCUT2D eigenvalue weighted by Gasteiger charge is 2.50. The zero-order chi connectivity index (χ0) is 17.0. The van der Waals surface area contributed by atoms with E-state index in [1.807, 2.05) is 43.3 Å². The summed E-state index contributed by atoms with van der Waals surface area (Å²) in [4.78, 5) is 12.9. The van der Waals surface area contributed by atoms with Crippen LogP contribution in [0.2, 0.25) is 0 Å². The van der Waals surface area contributed by atoms with Crippen molar-refractivity contribution in [1.29, 1.82) is 0 Å². The van der Waals surface area contributed by atoms with E-state index in [1.165, 1.54) is 16.7 Å². The van der Waals surface area contributed by atoms with Crippen molar-refractivity contribution in [3.05, 3.63) is 77.9 Å². The molecule has 24 heavy (non-hydrogen) atoms. The lowest BCUT2D eigenvalue weighted by Gasteiger charge is -2.32. The minimum absolute atomic E-state index is 0.0462. The van der Waals surface area contributed by atoms with Gasteiger partial charge in [-0.2, -0.15) is 0 Å². The number of rotatable bonds is 5. The first kappa shape index (κ1) is 17.2. The first-order valence-electron chi connectivity index (χ1n) is 8.25. The van der Waals surface area contributed by atoms with Gasteiger partial charge in [0, 0.05) is 10.3 Å². The average Bonchev–Trinajstić information content (AvgIpc) is 3.04. The molecule has 0 radical (unpaired) electrons. The molecule has 0 saturated heterocycles. The number of ether oxygens (including phenoxy) is 1. The van der Waals surface area contributed by atoms with Crippen LogP contribution >= 0.6 is 22.6 Å². The highest BCUT2D eigenvalue weighted by molar-refractivity contribution is 14.1. The Morgan fingerprint density at radius 3 is 2.33 bits per heavy atom. The Labute approximate surface area is 157 Å². The summed E-state index contributed by atoms with van der Waals surface area (Å²) in [5.41, 5.74) is 3.07. The van der Waals surface area contributed by atoms with Crippen molar-refractivity contribution in [2.45, 2.75) is 19.3 Å². The van der Waals surface area contributed by atoms with Crippen LogP contribution in [0.3, 0.4) is 0 Å². The molecular weight excluding hydrogens is 411 g/mol. The van der Waals surface area contributed by atoms with Crippen molar-refractivity contribution < 1.29 is 9.53 Å². The fourth-order valence-corrected chi connectivity index (χ4v) is 4.51. The van der Waals surface area contributed by atoms with Gasteiger partial charge in [0.2, 0.25) is 0 Å². The molecule has 3 heteroatoms. The third-order valence-electron chi connectivity index (χ3n) is 4.69. The maximum atomic E-state index is 12.9. The van der Waals surface area contributed by atoms with Gasteiger partial charge in [-0.3, -0.25) is 4.79 Å². The van der Waals surface area contributed by atoms with Gasteiger partial charge in [0.15, 0.2) is 0 Å². The second-order valence-corrected chi connectivity index (χ2v) is 6.90. The second kappa shape index (κ2) is 7.51. The van der Waals surface area contributed by atoms with Crippen LogP contribution in [0, 0.1) is 5.41 Å². The predicted molar refractivity (Wildman–Crippen MR) is 106 cm³/mol. The number of halogens is 1. The summed E-state index contributed by atoms with van der Waals surface area (Å²) in [6.07, 6.45) is 2.98. The van der Waals surface area contributed by atoms with Crippen LogP contribution in [0.15, 0.2) is 66.7 Å². The fourth-order valence-electron chi connectivity index (χ4n) is 3.45. The fraction of sp³-hybridized carbons (Fsp3) is 0.286. The van der Waals surface area contributed by atoms with Gasteiger partial charge in [0.25, 0.3) is 0 Å². The Balaban J connectivity index is 2.06. The number of carbonyl (C=O) groups excluding carboxylic acids is 1. The van der Waals surface area contributed by atoms with Gasteiger partial charge in [-0.1, -0.05) is 89.3 Å². The van der Waals surface area contributed by atoms with Crippen molar-refractivity contribution in [2.75, 3.05) is 11.0 Å². The minimum atomic E-state index is -0.525. The molecule has 0 spiro atoms. The van der Waals surface area contributed by atoms with Crippen LogP contribution in [-0.4, -0.2) is 17.0 Å². The summed E-state index contributed by atoms with van der Waals surface area (Å²) in [5.74, 6) is -0.0414. The first-order valence-corrected chi connectivity index (χ1v) is 9.78. The van der Waals surface area contributed by atoms with Crippen molar-refractivity contribution in [2.24, 2.45) is 5.41 Å². The van der Waals surface area contributed by atoms with Gasteiger partial charge in [-0.25, -0.2) is 0 Å². The topological polar surface area (TPSA) is 26.3 Å². The number of hydrogen-bond donors (Lipinski definition) is 0. The number of alkyl halides is 1. The molecule has 2 atom stereocenters. The molecule has 2 aromatic rings. The lowest BCUT2D eigenvalue weighted by Crippen LogP contribution is -2.37. The van der Waals surface area contributed by atoms with Crippen molar-refractivity contribution in [3.63, 3.8) is 0 Å². The molecule has 0 fully saturated rings. The zero-order valence-electron chi connectivity index (χ0n) is 13.7. The van der Waals surface area contributed by atoms with Crippen LogP contribution in [-0.2, 0) is 9.53 Å². The molecule has 0 amide bonds. The largest absolute Gasteiger partial charge is 0.466 e. The third-order valence-corrected chi connectivity index (χ3v) is 6.05. The van der Waals surface area contributed by atoms with Crippen LogP contribution in [0.1, 0.15) is 30.4 Å². The standard InChI is InChI=1S/C21H21IO2/c1-2-24-20(23)21(15-22)14-18(16-9-5-3-6-10-16)13-19(21)17-11-7-4-8-12-17/h3-13,19H,2,14-15H2,1H3/t19-,21-/m0/s1. The molecule has 2 nitrogen and oxygen atoms in total. The maximum absolute atomic E-state index is 12.9. The smallest absolute Gasteiger partial charge is 0.314 e. The van der Waals surface area contributed by atoms with E-state index in [0.717, 1.165) is 10.8 Å². The number of esters is 1. The van der Waals surface area contributed by atoms with Gasteiger partial charge in [0.1, 0.15) is 0 Å². The van der Waals surface area contributed by atoms with Gasteiger partial charge in [0.05, 0.1) is 12.0 Å². The molecule has 1 aliphatic carbocycles. The molecule has 0 bridgehead atoms. The van der Waals surface area contributed by atoms with Crippen molar-refractivity contribution in [1.82, 2.24) is 0 Å². The highest BCUT2D eigenvalue weighted by Crippen LogP contribution is 2.52. The zero-order valence-corrected chi connectivity index (χ0v) is 15.9. The minimum Gasteiger partial charge on any atom is -0.466 e. The number of benzene rings is 2. The van der Waals surface area contributed by atoms with E-state index in [-0.39, 0.29) is 11.9 Å². The van der Waals surface area contributed by atoms with Crippen LogP contribution in [0.25, 0.3) is 5.57 Å². The van der Waals surface area contributed by atoms with E-state index in [0.29, 0.717) is 6.61 Å². The molecule has 0 aliphatic heterocycles. The Morgan fingerprint density at radius 1 is 1.12 bits per heavy atom. The molecule has 0 saturated carbocycles. The second-order valence-electron chi connectivity index (χ2n) is 6.13. The molecule has 1 aliphatic rings. The highest BCUT2D eigenvalue weighted by atomic mass is 127. The molecule has 2 aromatic carbocycles. The molecule has 124 valence electrons. The quantitative estimate of drug-likeness (QED) is 0.367. The number of hydrogen-bond acceptors (Lipinski definition) is 2. The van der Waals surface area contributed by atoms with E-state index in [9.17, 15) is 4.79 Å². The summed E-state index contributed by atoms with van der Waals surface area (Å²) in [7, 11) is 0. The van der Waals surface area contributed by atoms with Gasteiger partial charge in [-0.05, 0) is 30.0 Å². The van der Waals surface area contributed by atoms with E-state index < -0.39 is 5.41 Å². The SMILES string of the molecule is CCOC(=O)[C@]1(CI)CC(c2ccccc2)=C[C@H]1c1ccccc1. The molecule has 0 aromatic heterocycles. The van der Waals surface area contributed by atoms with Crippen LogP contribution in [0.4, 0.5) is 0 Å². The average molecular weight is 432 g/mol. The third kappa shape index (κ3) is 3.14. The Hall–Kier alpha value is -1.62. The number of allylic oxidation sites excluding steroid dienone is 2. The summed E-state index contributed by atoms with van der Waals surface area (Å²) in [5, 5.41) is 0. The number of carbonyl (C=O) groups is 1. The van der Waals surface area contributed by atoms with E-state index in [2.05, 4.69) is 52.9 Å². The Kier molecular flexibility index (Phi) is 5.39. The van der Waals surface area contributed by atoms with E-state index in [4.69, 9.17) is 4.74 Å². The van der Waals surface area contributed by atoms with Gasteiger partial charge < -0.3 is 4.74 Å². The van der Waals surface area contributed by atoms with Gasteiger partial charge >= 0.3 is 5.97 Å². The van der Waals surface area contributed by atoms with E-state index >= 15 is 0 Å². The molecule has 0 heterocycles. The predicted octanol–water partition coefficient (Wildman–Crippen LogP) is 5.24. The summed E-state index contributed by atoms with van der Waals surface area (Å²) < 4.78 is 6.21. The van der Waals surface area contributed by atoms with Gasteiger partial charge in [-0.15, -0.1) is 0 Å². The van der Waals surface area contributed by atoms with Crippen molar-refractivity contribution in [3.8, 4) is 0 Å². The van der Waals surface area contributed by atoms with Crippen LogP contribution in [0.5, 0.6) is 0 Å². The van der Waals surface area contributed by atoms with E-state index in [1.54, 1.807) is 0 Å². The van der Waals surface area contributed by atoms with Crippen molar-refractivity contribution >= 4 is 34.1 Å². The summed E-state index contributed by atoms with van der Waals surface area (Å²) in [6.45, 7) is 2.29.